The van der Waals surface area contributed by atoms with E-state index in [4.69, 9.17) is 13.7 Å². The molecule has 3 nitrogen and oxygen atoms in total. The van der Waals surface area contributed by atoms with Gasteiger partial charge in [-0.25, -0.2) is 0 Å². The molecule has 122 valence electrons. The normalized spacial score (nSPS) is 21.7. The third-order valence-electron chi connectivity index (χ3n) is 5.28. The van der Waals surface area contributed by atoms with Crippen LogP contribution in [0, 0.1) is 0 Å². The maximum absolute atomic E-state index is 6.20. The molecule has 0 amide bonds. The lowest BCUT2D eigenvalue weighted by Crippen LogP contribution is -2.41. The Balaban J connectivity index is 2.50. The van der Waals surface area contributed by atoms with E-state index in [1.165, 1.54) is 0 Å². The summed E-state index contributed by atoms with van der Waals surface area (Å²) in [5, 5.41) is 0.235. The first-order valence-electron chi connectivity index (χ1n) is 7.87. The van der Waals surface area contributed by atoms with Crippen molar-refractivity contribution in [3.63, 3.8) is 0 Å². The Morgan fingerprint density at radius 3 is 1.90 bits per heavy atom. The highest BCUT2D eigenvalue weighted by Crippen LogP contribution is 2.39. The molecular formula is C16H33BO3Si. The van der Waals surface area contributed by atoms with Gasteiger partial charge in [-0.15, -0.1) is 6.58 Å². The molecule has 0 unspecified atom stereocenters. The Labute approximate surface area is 132 Å². The van der Waals surface area contributed by atoms with Crippen LogP contribution in [0.4, 0.5) is 0 Å². The van der Waals surface area contributed by atoms with Crippen LogP contribution in [0.15, 0.2) is 12.1 Å². The van der Waals surface area contributed by atoms with Gasteiger partial charge in [0.25, 0.3) is 0 Å². The summed E-state index contributed by atoms with van der Waals surface area (Å²) in [6.45, 7) is 24.4. The lowest BCUT2D eigenvalue weighted by atomic mass is 9.78. The third kappa shape index (κ3) is 4.21. The molecule has 1 rings (SSSR count). The molecule has 0 atom stereocenters. The largest absolute Gasteiger partial charge is 0.490 e. The van der Waals surface area contributed by atoms with E-state index in [0.717, 1.165) is 11.9 Å². The van der Waals surface area contributed by atoms with Gasteiger partial charge >= 0.3 is 7.12 Å². The van der Waals surface area contributed by atoms with Gasteiger partial charge < -0.3 is 13.7 Å². The second-order valence-corrected chi connectivity index (χ2v) is 13.4. The molecule has 5 heteroatoms. The summed E-state index contributed by atoms with van der Waals surface area (Å²) in [5.41, 5.74) is 0.356. The molecule has 0 N–H and O–H groups in total. The molecule has 0 bridgehead atoms. The minimum atomic E-state index is -1.69. The molecule has 0 saturated carbocycles. The molecule has 0 aromatic rings. The predicted molar refractivity (Wildman–Crippen MR) is 93.0 cm³/mol. The van der Waals surface area contributed by atoms with Crippen molar-refractivity contribution in [2.75, 3.05) is 6.61 Å². The molecule has 1 aliphatic rings. The van der Waals surface area contributed by atoms with Crippen molar-refractivity contribution in [2.24, 2.45) is 0 Å². The van der Waals surface area contributed by atoms with Crippen LogP contribution in [0.1, 0.15) is 54.9 Å². The van der Waals surface area contributed by atoms with Crippen molar-refractivity contribution < 1.29 is 13.7 Å². The van der Waals surface area contributed by atoms with E-state index < -0.39 is 8.32 Å². The van der Waals surface area contributed by atoms with Gasteiger partial charge in [0.1, 0.15) is 0 Å². The molecule has 0 radical (unpaired) electrons. The van der Waals surface area contributed by atoms with Crippen LogP contribution in [-0.4, -0.2) is 33.2 Å². The zero-order chi connectivity index (χ0) is 16.7. The van der Waals surface area contributed by atoms with E-state index in [1.807, 2.05) is 0 Å². The molecule has 21 heavy (non-hydrogen) atoms. The van der Waals surface area contributed by atoms with Crippen LogP contribution >= 0.6 is 0 Å². The summed E-state index contributed by atoms with van der Waals surface area (Å²) in [4.78, 5) is 0. The van der Waals surface area contributed by atoms with Gasteiger partial charge in [0, 0.05) is 6.61 Å². The molecule has 0 spiro atoms. The molecular weight excluding hydrogens is 279 g/mol. The zero-order valence-electron chi connectivity index (χ0n) is 15.4. The van der Waals surface area contributed by atoms with Gasteiger partial charge in [-0.05, 0) is 57.7 Å². The van der Waals surface area contributed by atoms with Crippen molar-refractivity contribution in [1.29, 1.82) is 0 Å². The SMILES string of the molecule is C=C(CCO[Si](C)(C)C(C)(C)C)B1OC(C)(C)C(C)(C)O1. The molecule has 1 heterocycles. The molecule has 0 aromatic heterocycles. The Hall–Kier alpha value is -0.0982. The minimum Gasteiger partial charge on any atom is -0.417 e. The number of hydrogen-bond acceptors (Lipinski definition) is 3. The summed E-state index contributed by atoms with van der Waals surface area (Å²) in [6.07, 6.45) is 0.781. The third-order valence-corrected chi connectivity index (χ3v) is 9.82. The summed E-state index contributed by atoms with van der Waals surface area (Å²) in [5.74, 6) is 0. The highest BCUT2D eigenvalue weighted by atomic mass is 28.4. The average molecular weight is 312 g/mol. The maximum atomic E-state index is 6.20. The molecule has 1 aliphatic heterocycles. The van der Waals surface area contributed by atoms with Gasteiger partial charge in [-0.3, -0.25) is 0 Å². The fourth-order valence-corrected chi connectivity index (χ4v) is 2.83. The van der Waals surface area contributed by atoms with Gasteiger partial charge in [-0.1, -0.05) is 20.8 Å². The van der Waals surface area contributed by atoms with Crippen LogP contribution in [0.25, 0.3) is 0 Å². The van der Waals surface area contributed by atoms with E-state index in [0.29, 0.717) is 6.61 Å². The fraction of sp³-hybridized carbons (Fsp3) is 0.875. The Morgan fingerprint density at radius 2 is 1.52 bits per heavy atom. The Kier molecular flexibility index (Phi) is 5.27. The minimum absolute atomic E-state index is 0.235. The highest BCUT2D eigenvalue weighted by Gasteiger charge is 2.51. The quantitative estimate of drug-likeness (QED) is 0.695. The van der Waals surface area contributed by atoms with E-state index in [2.05, 4.69) is 68.1 Å². The van der Waals surface area contributed by atoms with Crippen molar-refractivity contribution in [1.82, 2.24) is 0 Å². The summed E-state index contributed by atoms with van der Waals surface area (Å²) in [6, 6.07) is 0. The zero-order valence-corrected chi connectivity index (χ0v) is 16.4. The van der Waals surface area contributed by atoms with E-state index >= 15 is 0 Å². The van der Waals surface area contributed by atoms with Gasteiger partial charge in [0.05, 0.1) is 11.2 Å². The summed E-state index contributed by atoms with van der Waals surface area (Å²) in [7, 11) is -2.01. The van der Waals surface area contributed by atoms with Crippen molar-refractivity contribution in [3.8, 4) is 0 Å². The molecule has 1 fully saturated rings. The number of rotatable bonds is 5. The summed E-state index contributed by atoms with van der Waals surface area (Å²) >= 11 is 0. The fourth-order valence-electron chi connectivity index (χ4n) is 1.78. The smallest absolute Gasteiger partial charge is 0.417 e. The standard InChI is InChI=1S/C16H33BO3Si/c1-13(11-12-18-21(9,10)14(2,3)4)17-19-15(5,6)16(7,8)20-17/h1,11-12H2,2-10H3. The monoisotopic (exact) mass is 312 g/mol. The van der Waals surface area contributed by atoms with Gasteiger partial charge in [0.15, 0.2) is 8.32 Å². The van der Waals surface area contributed by atoms with E-state index in [-0.39, 0.29) is 23.4 Å². The molecule has 1 saturated heterocycles. The van der Waals surface area contributed by atoms with Gasteiger partial charge in [0.2, 0.25) is 0 Å². The highest BCUT2D eigenvalue weighted by molar-refractivity contribution is 6.74. The summed E-state index contributed by atoms with van der Waals surface area (Å²) < 4.78 is 18.2. The molecule has 0 aromatic carbocycles. The van der Waals surface area contributed by atoms with Crippen LogP contribution in [0.5, 0.6) is 0 Å². The first-order chi connectivity index (χ1) is 9.20. The van der Waals surface area contributed by atoms with E-state index in [1.54, 1.807) is 0 Å². The first kappa shape index (κ1) is 18.9. The lowest BCUT2D eigenvalue weighted by molar-refractivity contribution is 0.00578. The Bertz CT molecular complexity index is 381. The van der Waals surface area contributed by atoms with Crippen molar-refractivity contribution >= 4 is 15.4 Å². The molecule has 0 aliphatic carbocycles. The van der Waals surface area contributed by atoms with E-state index in [9.17, 15) is 0 Å². The van der Waals surface area contributed by atoms with Gasteiger partial charge in [-0.2, -0.15) is 0 Å². The maximum Gasteiger partial charge on any atom is 0.490 e. The average Bonchev–Trinajstić information content (AvgIpc) is 2.46. The number of hydrogen-bond donors (Lipinski definition) is 0. The van der Waals surface area contributed by atoms with Crippen LogP contribution in [0.3, 0.4) is 0 Å². The van der Waals surface area contributed by atoms with Crippen molar-refractivity contribution in [2.45, 2.75) is 84.2 Å². The lowest BCUT2D eigenvalue weighted by Gasteiger charge is -2.36. The first-order valence-corrected chi connectivity index (χ1v) is 10.8. The van der Waals surface area contributed by atoms with Crippen LogP contribution in [-0.2, 0) is 13.7 Å². The second kappa shape index (κ2) is 5.84. The predicted octanol–water partition coefficient (Wildman–Crippen LogP) is 4.59. The van der Waals surface area contributed by atoms with Crippen LogP contribution in [0.2, 0.25) is 18.1 Å². The van der Waals surface area contributed by atoms with Crippen LogP contribution < -0.4 is 0 Å². The Morgan fingerprint density at radius 1 is 1.10 bits per heavy atom. The van der Waals surface area contributed by atoms with Crippen molar-refractivity contribution in [3.05, 3.63) is 12.1 Å². The topological polar surface area (TPSA) is 27.7 Å². The second-order valence-electron chi connectivity index (χ2n) is 8.61.